The van der Waals surface area contributed by atoms with Gasteiger partial charge in [-0.25, -0.2) is 4.68 Å². The number of para-hydroxylation sites is 2. The first-order chi connectivity index (χ1) is 17.1. The highest BCUT2D eigenvalue weighted by atomic mass is 32.2. The Morgan fingerprint density at radius 3 is 2.54 bits per heavy atom. The van der Waals surface area contributed by atoms with Crippen molar-refractivity contribution in [1.29, 1.82) is 0 Å². The number of carbonyl (C=O) groups excluding carboxylic acids is 1. The van der Waals surface area contributed by atoms with E-state index >= 15 is 0 Å². The Balaban J connectivity index is 1.36. The van der Waals surface area contributed by atoms with Crippen LogP contribution in [0.15, 0.2) is 65.8 Å². The van der Waals surface area contributed by atoms with Crippen molar-refractivity contribution >= 4 is 29.4 Å². The summed E-state index contributed by atoms with van der Waals surface area (Å²) < 4.78 is 9.29. The van der Waals surface area contributed by atoms with Crippen molar-refractivity contribution in [1.82, 2.24) is 24.5 Å². The second-order valence-corrected chi connectivity index (χ2v) is 9.20. The quantitative estimate of drug-likeness (QED) is 0.397. The van der Waals surface area contributed by atoms with Gasteiger partial charge < -0.3 is 15.0 Å². The van der Waals surface area contributed by atoms with Crippen LogP contribution in [-0.2, 0) is 9.53 Å². The van der Waals surface area contributed by atoms with Gasteiger partial charge in [-0.05, 0) is 37.6 Å². The average Bonchev–Trinajstić information content (AvgIpc) is 3.47. The van der Waals surface area contributed by atoms with E-state index in [4.69, 9.17) is 4.74 Å². The summed E-state index contributed by atoms with van der Waals surface area (Å²) in [6.45, 7) is 6.77. The molecule has 1 fully saturated rings. The number of morpholine rings is 1. The number of nitrogens with one attached hydrogen (secondary N) is 1. The minimum absolute atomic E-state index is 0.140. The molecular formula is C25H27N7O2S. The monoisotopic (exact) mass is 489 g/mol. The fourth-order valence-corrected chi connectivity index (χ4v) is 4.75. The van der Waals surface area contributed by atoms with E-state index in [-0.39, 0.29) is 11.7 Å². The summed E-state index contributed by atoms with van der Waals surface area (Å²) in [6, 6.07) is 19.7. The summed E-state index contributed by atoms with van der Waals surface area (Å²) in [7, 11) is 0. The lowest BCUT2D eigenvalue weighted by Crippen LogP contribution is -2.38. The molecule has 1 aliphatic heterocycles. The molecule has 1 amide bonds. The first-order valence-corrected chi connectivity index (χ1v) is 12.5. The van der Waals surface area contributed by atoms with Crippen molar-refractivity contribution in [2.24, 2.45) is 0 Å². The summed E-state index contributed by atoms with van der Waals surface area (Å²) in [5.41, 5.74) is 3.82. The van der Waals surface area contributed by atoms with Crippen LogP contribution in [0.2, 0.25) is 0 Å². The van der Waals surface area contributed by atoms with Gasteiger partial charge in [0.15, 0.2) is 5.16 Å². The van der Waals surface area contributed by atoms with E-state index in [1.54, 1.807) is 4.68 Å². The van der Waals surface area contributed by atoms with Crippen molar-refractivity contribution < 1.29 is 9.53 Å². The second-order valence-electron chi connectivity index (χ2n) is 8.26. The molecule has 1 aliphatic rings. The fraction of sp³-hybridized carbons (Fsp3) is 0.280. The zero-order valence-electron chi connectivity index (χ0n) is 19.7. The van der Waals surface area contributed by atoms with Crippen LogP contribution in [-0.4, -0.2) is 62.5 Å². The molecule has 0 aliphatic carbocycles. The molecule has 0 radical (unpaired) electrons. The number of amides is 1. The topological polar surface area (TPSA) is 90.1 Å². The first kappa shape index (κ1) is 23.1. The molecule has 5 rings (SSSR count). The van der Waals surface area contributed by atoms with Gasteiger partial charge in [0.2, 0.25) is 11.9 Å². The number of carbonyl (C=O) groups is 1. The van der Waals surface area contributed by atoms with E-state index in [2.05, 4.69) is 38.5 Å². The van der Waals surface area contributed by atoms with Crippen molar-refractivity contribution in [3.8, 4) is 11.4 Å². The molecule has 0 saturated carbocycles. The van der Waals surface area contributed by atoms with Gasteiger partial charge in [0, 0.05) is 19.2 Å². The predicted molar refractivity (Wildman–Crippen MR) is 137 cm³/mol. The van der Waals surface area contributed by atoms with Crippen LogP contribution in [0.5, 0.6) is 0 Å². The molecule has 1 N–H and O–H groups in total. The second kappa shape index (κ2) is 10.3. The minimum Gasteiger partial charge on any atom is -0.378 e. The maximum Gasteiger partial charge on any atom is 0.236 e. The highest BCUT2D eigenvalue weighted by Gasteiger charge is 2.23. The number of hydrogen-bond donors (Lipinski definition) is 1. The molecule has 9 nitrogen and oxygen atoms in total. The van der Waals surface area contributed by atoms with E-state index in [1.807, 2.05) is 66.1 Å². The fourth-order valence-electron chi connectivity index (χ4n) is 4.01. The molecule has 0 bridgehead atoms. The van der Waals surface area contributed by atoms with E-state index in [0.29, 0.717) is 24.2 Å². The Bertz CT molecular complexity index is 1310. The molecule has 10 heteroatoms. The number of hydrogen-bond acceptors (Lipinski definition) is 7. The van der Waals surface area contributed by atoms with Crippen molar-refractivity contribution in [3.63, 3.8) is 0 Å². The number of nitrogens with zero attached hydrogens (tertiary/aromatic N) is 6. The summed E-state index contributed by atoms with van der Waals surface area (Å²) >= 11 is 1.36. The van der Waals surface area contributed by atoms with Crippen LogP contribution in [0.4, 0.5) is 11.8 Å². The summed E-state index contributed by atoms with van der Waals surface area (Å²) in [4.78, 5) is 15.1. The van der Waals surface area contributed by atoms with Crippen molar-refractivity contribution in [3.05, 3.63) is 71.9 Å². The number of thioether (sulfide) groups is 1. The SMILES string of the molecule is Cc1cc(NC(=O)CSc2nnc(N3CCOCC3)n2-c2ccccc2C)n(-c2ccccc2)n1. The molecule has 3 heterocycles. The summed E-state index contributed by atoms with van der Waals surface area (Å²) in [5.74, 6) is 1.45. The van der Waals surface area contributed by atoms with Gasteiger partial charge in [-0.15, -0.1) is 10.2 Å². The van der Waals surface area contributed by atoms with Crippen LogP contribution >= 0.6 is 11.8 Å². The molecule has 35 heavy (non-hydrogen) atoms. The predicted octanol–water partition coefficient (Wildman–Crippen LogP) is 3.64. The van der Waals surface area contributed by atoms with E-state index in [9.17, 15) is 4.79 Å². The maximum absolute atomic E-state index is 12.9. The number of anilines is 2. The van der Waals surface area contributed by atoms with Gasteiger partial charge in [0.25, 0.3) is 0 Å². The van der Waals surface area contributed by atoms with E-state index in [0.717, 1.165) is 41.7 Å². The standard InChI is InChI=1S/C25H27N7O2S/c1-18-8-6-7-11-21(18)31-24(30-12-14-34-15-13-30)27-28-25(31)35-17-23(33)26-22-16-19(2)29-32(22)20-9-4-3-5-10-20/h3-11,16H,12-15,17H2,1-2H3,(H,26,33). The molecule has 0 unspecified atom stereocenters. The maximum atomic E-state index is 12.9. The van der Waals surface area contributed by atoms with Crippen LogP contribution < -0.4 is 10.2 Å². The molecule has 4 aromatic rings. The third kappa shape index (κ3) is 5.08. The van der Waals surface area contributed by atoms with Gasteiger partial charge >= 0.3 is 0 Å². The molecule has 2 aromatic heterocycles. The number of rotatable bonds is 7. The molecule has 1 saturated heterocycles. The number of ether oxygens (including phenoxy) is 1. The molecule has 2 aromatic carbocycles. The minimum atomic E-state index is -0.140. The molecule has 0 spiro atoms. The summed E-state index contributed by atoms with van der Waals surface area (Å²) in [5, 5.41) is 17.1. The van der Waals surface area contributed by atoms with Gasteiger partial charge in [-0.3, -0.25) is 9.36 Å². The number of benzene rings is 2. The Kier molecular flexibility index (Phi) is 6.82. The molecule has 180 valence electrons. The highest BCUT2D eigenvalue weighted by molar-refractivity contribution is 7.99. The van der Waals surface area contributed by atoms with Crippen LogP contribution in [0.1, 0.15) is 11.3 Å². The van der Waals surface area contributed by atoms with Crippen LogP contribution in [0.25, 0.3) is 11.4 Å². The summed E-state index contributed by atoms with van der Waals surface area (Å²) in [6.07, 6.45) is 0. The lowest BCUT2D eigenvalue weighted by molar-refractivity contribution is -0.113. The van der Waals surface area contributed by atoms with E-state index in [1.165, 1.54) is 11.8 Å². The smallest absolute Gasteiger partial charge is 0.236 e. The van der Waals surface area contributed by atoms with E-state index < -0.39 is 0 Å². The number of aromatic nitrogens is 5. The third-order valence-corrected chi connectivity index (χ3v) is 6.63. The van der Waals surface area contributed by atoms with Crippen molar-refractivity contribution in [2.45, 2.75) is 19.0 Å². The van der Waals surface area contributed by atoms with Crippen LogP contribution in [0, 0.1) is 13.8 Å². The first-order valence-electron chi connectivity index (χ1n) is 11.5. The zero-order valence-corrected chi connectivity index (χ0v) is 20.5. The average molecular weight is 490 g/mol. The molecule has 0 atom stereocenters. The molecular weight excluding hydrogens is 462 g/mol. The van der Waals surface area contributed by atoms with Gasteiger partial charge in [0.05, 0.1) is 36.0 Å². The largest absolute Gasteiger partial charge is 0.378 e. The normalized spacial score (nSPS) is 13.7. The lowest BCUT2D eigenvalue weighted by Gasteiger charge is -2.28. The Morgan fingerprint density at radius 1 is 1.03 bits per heavy atom. The van der Waals surface area contributed by atoms with Gasteiger partial charge in [-0.2, -0.15) is 5.10 Å². The third-order valence-electron chi connectivity index (χ3n) is 5.70. The van der Waals surface area contributed by atoms with Gasteiger partial charge in [-0.1, -0.05) is 48.2 Å². The highest BCUT2D eigenvalue weighted by Crippen LogP contribution is 2.29. The van der Waals surface area contributed by atoms with Crippen LogP contribution in [0.3, 0.4) is 0 Å². The Hall–Kier alpha value is -3.63. The number of aryl methyl sites for hydroxylation is 2. The van der Waals surface area contributed by atoms with Crippen molar-refractivity contribution in [2.75, 3.05) is 42.3 Å². The Morgan fingerprint density at radius 2 is 1.77 bits per heavy atom. The Labute approximate surface area is 208 Å². The lowest BCUT2D eigenvalue weighted by atomic mass is 10.2. The van der Waals surface area contributed by atoms with Gasteiger partial charge in [0.1, 0.15) is 5.82 Å². The zero-order chi connectivity index (χ0) is 24.2.